The molecule has 0 saturated carbocycles. The summed E-state index contributed by atoms with van der Waals surface area (Å²) in [7, 11) is 0. The summed E-state index contributed by atoms with van der Waals surface area (Å²) in [5.74, 6) is 0.219. The van der Waals surface area contributed by atoms with Gasteiger partial charge in [0.05, 0.1) is 18.3 Å². The Kier molecular flexibility index (Phi) is 4.82. The minimum Gasteiger partial charge on any atom is -0.494 e. The van der Waals surface area contributed by atoms with Gasteiger partial charge in [-0.25, -0.2) is 4.79 Å². The highest BCUT2D eigenvalue weighted by molar-refractivity contribution is 5.91. The molecule has 0 aliphatic heterocycles. The molecule has 2 N–H and O–H groups in total. The number of benzene rings is 1. The van der Waals surface area contributed by atoms with Crippen molar-refractivity contribution in [2.24, 2.45) is 0 Å². The number of nitrogens with two attached hydrogens (primary N) is 1. The maximum atomic E-state index is 11.8. The van der Waals surface area contributed by atoms with Gasteiger partial charge in [-0.2, -0.15) is 0 Å². The highest BCUT2D eigenvalue weighted by atomic mass is 16.5. The van der Waals surface area contributed by atoms with Crippen LogP contribution >= 0.6 is 0 Å². The number of esters is 1. The van der Waals surface area contributed by atoms with Crippen molar-refractivity contribution in [2.75, 3.05) is 12.3 Å². The molecule has 1 unspecified atom stereocenters. The molecule has 0 saturated heterocycles. The molecule has 0 heterocycles. The first-order chi connectivity index (χ1) is 8.06. The number of carbonyl (C=O) groups is 1. The van der Waals surface area contributed by atoms with E-state index in [1.54, 1.807) is 18.2 Å². The first-order valence-electron chi connectivity index (χ1n) is 5.81. The van der Waals surface area contributed by atoms with Gasteiger partial charge in [0.1, 0.15) is 5.75 Å². The molecule has 0 spiro atoms. The van der Waals surface area contributed by atoms with Gasteiger partial charge in [0.25, 0.3) is 0 Å². The van der Waals surface area contributed by atoms with E-state index >= 15 is 0 Å². The summed E-state index contributed by atoms with van der Waals surface area (Å²) >= 11 is 0. The van der Waals surface area contributed by atoms with Gasteiger partial charge in [0.2, 0.25) is 0 Å². The summed E-state index contributed by atoms with van der Waals surface area (Å²) in [4.78, 5) is 11.8. The van der Waals surface area contributed by atoms with Crippen molar-refractivity contribution in [2.45, 2.75) is 33.3 Å². The molecular formula is C13H19NO3. The average molecular weight is 237 g/mol. The van der Waals surface area contributed by atoms with Crippen molar-refractivity contribution in [3.63, 3.8) is 0 Å². The largest absolute Gasteiger partial charge is 0.494 e. The molecule has 94 valence electrons. The van der Waals surface area contributed by atoms with Gasteiger partial charge in [-0.05, 0) is 32.4 Å². The molecule has 4 nitrogen and oxygen atoms in total. The molecule has 0 radical (unpaired) electrons. The zero-order chi connectivity index (χ0) is 12.8. The van der Waals surface area contributed by atoms with E-state index in [0.717, 1.165) is 6.42 Å². The number of rotatable bonds is 5. The number of ether oxygens (including phenoxy) is 2. The maximum absolute atomic E-state index is 11.8. The Labute approximate surface area is 102 Å². The second-order valence-electron chi connectivity index (χ2n) is 3.85. The Bertz CT molecular complexity index is 390. The van der Waals surface area contributed by atoms with Gasteiger partial charge >= 0.3 is 5.97 Å². The average Bonchev–Trinajstić information content (AvgIpc) is 2.28. The molecule has 1 aromatic rings. The van der Waals surface area contributed by atoms with Crippen LogP contribution in [0.3, 0.4) is 0 Å². The van der Waals surface area contributed by atoms with Gasteiger partial charge < -0.3 is 15.2 Å². The summed E-state index contributed by atoms with van der Waals surface area (Å²) in [5, 5.41) is 0. The number of carbonyl (C=O) groups excluding carboxylic acids is 1. The maximum Gasteiger partial charge on any atom is 0.338 e. The van der Waals surface area contributed by atoms with Crippen LogP contribution in [0.25, 0.3) is 0 Å². The Hall–Kier alpha value is -1.71. The minimum absolute atomic E-state index is 0.0977. The fourth-order valence-corrected chi connectivity index (χ4v) is 1.32. The van der Waals surface area contributed by atoms with E-state index in [4.69, 9.17) is 15.2 Å². The van der Waals surface area contributed by atoms with Crippen LogP contribution in [0, 0.1) is 0 Å². The van der Waals surface area contributed by atoms with Gasteiger partial charge in [-0.3, -0.25) is 0 Å². The Morgan fingerprint density at radius 2 is 2.06 bits per heavy atom. The van der Waals surface area contributed by atoms with Crippen molar-refractivity contribution >= 4 is 11.7 Å². The molecule has 0 aromatic heterocycles. The van der Waals surface area contributed by atoms with E-state index in [1.165, 1.54) is 0 Å². The smallest absolute Gasteiger partial charge is 0.338 e. The van der Waals surface area contributed by atoms with Crippen molar-refractivity contribution in [3.8, 4) is 5.75 Å². The Morgan fingerprint density at radius 1 is 1.35 bits per heavy atom. The molecular weight excluding hydrogens is 218 g/mol. The standard InChI is InChI=1S/C13H19NO3/c1-4-9(3)17-13(15)10-6-11(14)8-12(7-10)16-5-2/h6-9H,4-5,14H2,1-3H3. The molecule has 0 amide bonds. The number of nitrogen functional groups attached to an aromatic ring is 1. The Morgan fingerprint density at radius 3 is 2.65 bits per heavy atom. The van der Waals surface area contributed by atoms with Crippen LogP contribution in [-0.4, -0.2) is 18.7 Å². The van der Waals surface area contributed by atoms with Crippen molar-refractivity contribution in [1.29, 1.82) is 0 Å². The van der Waals surface area contributed by atoms with Crippen molar-refractivity contribution in [1.82, 2.24) is 0 Å². The molecule has 0 bridgehead atoms. The summed E-state index contributed by atoms with van der Waals surface area (Å²) in [6, 6.07) is 4.92. The fraction of sp³-hybridized carbons (Fsp3) is 0.462. The Balaban J connectivity index is 2.85. The third kappa shape index (κ3) is 3.98. The second kappa shape index (κ2) is 6.13. The molecule has 4 heteroatoms. The zero-order valence-corrected chi connectivity index (χ0v) is 10.5. The number of hydrogen-bond donors (Lipinski definition) is 1. The third-order valence-corrected chi connectivity index (χ3v) is 2.36. The summed E-state index contributed by atoms with van der Waals surface area (Å²) < 4.78 is 10.5. The monoisotopic (exact) mass is 237 g/mol. The van der Waals surface area contributed by atoms with Crippen molar-refractivity contribution in [3.05, 3.63) is 23.8 Å². The zero-order valence-electron chi connectivity index (χ0n) is 10.5. The lowest BCUT2D eigenvalue weighted by Gasteiger charge is -2.12. The van der Waals surface area contributed by atoms with Gasteiger partial charge in [-0.15, -0.1) is 0 Å². The van der Waals surface area contributed by atoms with E-state index in [0.29, 0.717) is 23.6 Å². The van der Waals surface area contributed by atoms with E-state index in [9.17, 15) is 4.79 Å². The first kappa shape index (κ1) is 13.4. The molecule has 0 fully saturated rings. The summed E-state index contributed by atoms with van der Waals surface area (Å²) in [6.45, 7) is 6.22. The molecule has 0 aliphatic carbocycles. The number of anilines is 1. The predicted octanol–water partition coefficient (Wildman–Crippen LogP) is 2.62. The minimum atomic E-state index is -0.368. The lowest BCUT2D eigenvalue weighted by atomic mass is 10.2. The van der Waals surface area contributed by atoms with Crippen LogP contribution in [-0.2, 0) is 4.74 Å². The molecule has 17 heavy (non-hydrogen) atoms. The van der Waals surface area contributed by atoms with E-state index in [-0.39, 0.29) is 12.1 Å². The van der Waals surface area contributed by atoms with E-state index in [1.807, 2.05) is 20.8 Å². The summed E-state index contributed by atoms with van der Waals surface area (Å²) in [6.07, 6.45) is 0.686. The lowest BCUT2D eigenvalue weighted by Crippen LogP contribution is -2.14. The van der Waals surface area contributed by atoms with Crippen LogP contribution in [0.4, 0.5) is 5.69 Å². The molecule has 1 atom stereocenters. The summed E-state index contributed by atoms with van der Waals surface area (Å²) in [5.41, 5.74) is 6.62. The molecule has 1 aromatic carbocycles. The van der Waals surface area contributed by atoms with Crippen LogP contribution in [0.2, 0.25) is 0 Å². The third-order valence-electron chi connectivity index (χ3n) is 2.36. The highest BCUT2D eigenvalue weighted by Gasteiger charge is 2.12. The lowest BCUT2D eigenvalue weighted by molar-refractivity contribution is 0.0334. The van der Waals surface area contributed by atoms with Crippen LogP contribution in [0.1, 0.15) is 37.6 Å². The highest BCUT2D eigenvalue weighted by Crippen LogP contribution is 2.20. The topological polar surface area (TPSA) is 61.5 Å². The van der Waals surface area contributed by atoms with E-state index in [2.05, 4.69) is 0 Å². The fourth-order valence-electron chi connectivity index (χ4n) is 1.32. The molecule has 1 rings (SSSR count). The number of hydrogen-bond acceptors (Lipinski definition) is 4. The normalized spacial score (nSPS) is 11.9. The quantitative estimate of drug-likeness (QED) is 0.631. The van der Waals surface area contributed by atoms with Crippen LogP contribution < -0.4 is 10.5 Å². The molecule has 0 aliphatic rings. The van der Waals surface area contributed by atoms with Crippen molar-refractivity contribution < 1.29 is 14.3 Å². The van der Waals surface area contributed by atoms with Crippen LogP contribution in [0.5, 0.6) is 5.75 Å². The van der Waals surface area contributed by atoms with E-state index < -0.39 is 0 Å². The predicted molar refractivity (Wildman–Crippen MR) is 67.2 cm³/mol. The first-order valence-corrected chi connectivity index (χ1v) is 5.81. The SMILES string of the molecule is CCOc1cc(N)cc(C(=O)OC(C)CC)c1. The second-order valence-corrected chi connectivity index (χ2v) is 3.85. The van der Waals surface area contributed by atoms with Gasteiger partial charge in [-0.1, -0.05) is 6.92 Å². The van der Waals surface area contributed by atoms with Crippen LogP contribution in [0.15, 0.2) is 18.2 Å². The van der Waals surface area contributed by atoms with Gasteiger partial charge in [0, 0.05) is 11.8 Å². The van der Waals surface area contributed by atoms with Gasteiger partial charge in [0.15, 0.2) is 0 Å².